The van der Waals surface area contributed by atoms with Crippen LogP contribution in [0.5, 0.6) is 0 Å². The van der Waals surface area contributed by atoms with E-state index < -0.39 is 0 Å². The first-order valence-electron chi connectivity index (χ1n) is 1.21. The van der Waals surface area contributed by atoms with Crippen molar-refractivity contribution in [1.29, 1.82) is 0 Å². The van der Waals surface area contributed by atoms with Gasteiger partial charge in [0.1, 0.15) is 0 Å². The maximum absolute atomic E-state index is 10.9. The minimum Gasteiger partial charge on any atom is -0.165 e. The van der Waals surface area contributed by atoms with Crippen molar-refractivity contribution < 1.29 is 3.89 Å². The van der Waals surface area contributed by atoms with Crippen LogP contribution in [0.3, 0.4) is 0 Å². The average molecular weight is 159 g/mol. The molecule has 0 unspecified atom stereocenters. The standard InChI is InChI=1S/C2H4BrFS/c3-1-2-5-4/h1-2H2. The van der Waals surface area contributed by atoms with Gasteiger partial charge in [-0.15, -0.1) is 0 Å². The Balaban J connectivity index is 2.19. The zero-order chi connectivity index (χ0) is 4.12. The van der Waals surface area contributed by atoms with Crippen molar-refractivity contribution in [2.45, 2.75) is 0 Å². The molecule has 0 saturated carbocycles. The van der Waals surface area contributed by atoms with Crippen molar-refractivity contribution >= 4 is 28.1 Å². The van der Waals surface area contributed by atoms with Crippen molar-refractivity contribution in [1.82, 2.24) is 0 Å². The summed E-state index contributed by atoms with van der Waals surface area (Å²) in [6, 6.07) is 0. The molecule has 3 heteroatoms. The van der Waals surface area contributed by atoms with Crippen LogP contribution in [0.2, 0.25) is 0 Å². The summed E-state index contributed by atoms with van der Waals surface area (Å²) in [5.41, 5.74) is 0. The first-order valence-corrected chi connectivity index (χ1v) is 3.22. The molecule has 0 rings (SSSR count). The summed E-state index contributed by atoms with van der Waals surface area (Å²) in [6.45, 7) is 0. The van der Waals surface area contributed by atoms with Gasteiger partial charge in [-0.1, -0.05) is 15.9 Å². The first kappa shape index (κ1) is 5.76. The molecule has 0 radical (unpaired) electrons. The van der Waals surface area contributed by atoms with E-state index in [4.69, 9.17) is 0 Å². The third kappa shape index (κ3) is 4.76. The Kier molecular flexibility index (Phi) is 5.48. The lowest BCUT2D eigenvalue weighted by Crippen LogP contribution is -1.67. The summed E-state index contributed by atoms with van der Waals surface area (Å²) >= 11 is 3.40. The molecular formula is C2H4BrFS. The van der Waals surface area contributed by atoms with Gasteiger partial charge in [-0.3, -0.25) is 0 Å². The van der Waals surface area contributed by atoms with Gasteiger partial charge in [0.25, 0.3) is 0 Å². The van der Waals surface area contributed by atoms with Crippen molar-refractivity contribution in [3.63, 3.8) is 0 Å². The van der Waals surface area contributed by atoms with Crippen LogP contribution in [0.25, 0.3) is 0 Å². The number of hydrogen-bond donors (Lipinski definition) is 0. The lowest BCUT2D eigenvalue weighted by atomic mass is 11.0. The molecule has 0 atom stereocenters. The van der Waals surface area contributed by atoms with E-state index >= 15 is 0 Å². The van der Waals surface area contributed by atoms with E-state index in [2.05, 4.69) is 15.9 Å². The first-order chi connectivity index (χ1) is 2.41. The molecule has 5 heavy (non-hydrogen) atoms. The Hall–Kier alpha value is 0.760. The summed E-state index contributed by atoms with van der Waals surface area (Å²) in [5.74, 6) is 0.556. The van der Waals surface area contributed by atoms with Crippen molar-refractivity contribution in [2.75, 3.05) is 11.1 Å². The van der Waals surface area contributed by atoms with Crippen LogP contribution in [0, 0.1) is 0 Å². The Morgan fingerprint density at radius 2 is 2.40 bits per heavy atom. The lowest BCUT2D eigenvalue weighted by Gasteiger charge is -1.73. The predicted molar refractivity (Wildman–Crippen MR) is 27.4 cm³/mol. The monoisotopic (exact) mass is 158 g/mol. The molecule has 0 heterocycles. The summed E-state index contributed by atoms with van der Waals surface area (Å²) in [4.78, 5) is 0. The SMILES string of the molecule is FSCCBr. The third-order valence-corrected chi connectivity index (χ3v) is 1.43. The van der Waals surface area contributed by atoms with Crippen molar-refractivity contribution in [3.05, 3.63) is 0 Å². The Morgan fingerprint density at radius 1 is 1.80 bits per heavy atom. The molecule has 0 aliphatic carbocycles. The van der Waals surface area contributed by atoms with Crippen LogP contribution in [0.4, 0.5) is 3.89 Å². The molecule has 0 aromatic heterocycles. The van der Waals surface area contributed by atoms with Gasteiger partial charge in [-0.25, -0.2) is 0 Å². The maximum atomic E-state index is 10.9. The summed E-state index contributed by atoms with van der Waals surface area (Å²) in [5, 5.41) is 0.744. The molecule has 0 amide bonds. The van der Waals surface area contributed by atoms with E-state index in [1.807, 2.05) is 0 Å². The molecule has 0 aliphatic heterocycles. The molecule has 0 aromatic rings. The van der Waals surface area contributed by atoms with Gasteiger partial charge in [0.2, 0.25) is 0 Å². The van der Waals surface area contributed by atoms with E-state index in [9.17, 15) is 3.89 Å². The molecule has 0 bridgehead atoms. The number of hydrogen-bond acceptors (Lipinski definition) is 1. The van der Waals surface area contributed by atoms with E-state index in [0.717, 1.165) is 5.33 Å². The minimum absolute atomic E-state index is 0.355. The fourth-order valence-corrected chi connectivity index (χ4v) is 0.455. The average Bonchev–Trinajstić information content (AvgIpc) is 1.41. The molecule has 32 valence electrons. The molecule has 0 nitrogen and oxygen atoms in total. The van der Waals surface area contributed by atoms with Gasteiger partial charge in [0, 0.05) is 23.2 Å². The normalized spacial score (nSPS) is 8.40. The van der Waals surface area contributed by atoms with Gasteiger partial charge in [0.05, 0.1) is 0 Å². The van der Waals surface area contributed by atoms with Crippen LogP contribution in [-0.4, -0.2) is 11.1 Å². The van der Waals surface area contributed by atoms with Crippen LogP contribution < -0.4 is 0 Å². The maximum Gasteiger partial charge on any atom is 0.0451 e. The highest BCUT2D eigenvalue weighted by Crippen LogP contribution is 1.99. The topological polar surface area (TPSA) is 0 Å². The third-order valence-electron chi connectivity index (χ3n) is 0.154. The Labute approximate surface area is 43.6 Å². The fourth-order valence-electron chi connectivity index (χ4n) is 0.0292. The summed E-state index contributed by atoms with van der Waals surface area (Å²) in [6.07, 6.45) is 0. The van der Waals surface area contributed by atoms with Gasteiger partial charge in [-0.05, 0) is 0 Å². The van der Waals surface area contributed by atoms with Crippen LogP contribution in [0.1, 0.15) is 0 Å². The predicted octanol–water partition coefficient (Wildman–Crippen LogP) is 2.00. The molecule has 0 fully saturated rings. The van der Waals surface area contributed by atoms with E-state index in [1.165, 1.54) is 0 Å². The smallest absolute Gasteiger partial charge is 0.0451 e. The van der Waals surface area contributed by atoms with Gasteiger partial charge < -0.3 is 0 Å². The zero-order valence-electron chi connectivity index (χ0n) is 2.58. The fraction of sp³-hybridized carbons (Fsp3) is 1.00. The van der Waals surface area contributed by atoms with Gasteiger partial charge in [-0.2, -0.15) is 3.89 Å². The lowest BCUT2D eigenvalue weighted by molar-refractivity contribution is 0.937. The number of alkyl halides is 1. The molecule has 0 spiro atoms. The highest BCUT2D eigenvalue weighted by Gasteiger charge is 1.74. The quantitative estimate of drug-likeness (QED) is 0.555. The van der Waals surface area contributed by atoms with Crippen molar-refractivity contribution in [3.8, 4) is 0 Å². The molecule has 0 N–H and O–H groups in total. The summed E-state index contributed by atoms with van der Waals surface area (Å²) < 4.78 is 10.9. The van der Waals surface area contributed by atoms with E-state index in [0.29, 0.717) is 17.9 Å². The second-order valence-electron chi connectivity index (χ2n) is 0.502. The van der Waals surface area contributed by atoms with Crippen molar-refractivity contribution in [2.24, 2.45) is 0 Å². The number of halogens is 2. The Morgan fingerprint density at radius 3 is 2.40 bits per heavy atom. The van der Waals surface area contributed by atoms with Crippen LogP contribution >= 0.6 is 28.1 Å². The highest BCUT2D eigenvalue weighted by atomic mass is 79.9. The summed E-state index contributed by atoms with van der Waals surface area (Å²) in [7, 11) is 0. The highest BCUT2D eigenvalue weighted by molar-refractivity contribution is 9.09. The van der Waals surface area contributed by atoms with Crippen LogP contribution in [0.15, 0.2) is 0 Å². The van der Waals surface area contributed by atoms with E-state index in [-0.39, 0.29) is 0 Å². The van der Waals surface area contributed by atoms with Gasteiger partial charge in [0.15, 0.2) is 0 Å². The number of rotatable bonds is 2. The minimum atomic E-state index is 0.355. The zero-order valence-corrected chi connectivity index (χ0v) is 4.98. The second kappa shape index (κ2) is 4.76. The second-order valence-corrected chi connectivity index (χ2v) is 1.92. The molecule has 0 saturated heterocycles. The molecular weight excluding hydrogens is 155 g/mol. The van der Waals surface area contributed by atoms with Gasteiger partial charge >= 0.3 is 0 Å². The Bertz CT molecular complexity index is 17.1. The molecule has 0 aromatic carbocycles. The molecule has 0 aliphatic rings. The largest absolute Gasteiger partial charge is 0.165 e. The van der Waals surface area contributed by atoms with E-state index in [1.54, 1.807) is 0 Å². The van der Waals surface area contributed by atoms with Crippen LogP contribution in [-0.2, 0) is 0 Å².